The minimum Gasteiger partial charge on any atom is -0.480 e. The molecule has 4 heteroatoms. The summed E-state index contributed by atoms with van der Waals surface area (Å²) in [6, 6.07) is 3.90. The molecule has 0 bridgehead atoms. The van der Waals surface area contributed by atoms with E-state index in [0.717, 1.165) is 23.1 Å². The molecule has 0 aliphatic carbocycles. The minimum absolute atomic E-state index is 0.00597. The average Bonchev–Trinajstić information content (AvgIpc) is 2.41. The van der Waals surface area contributed by atoms with Gasteiger partial charge < -0.3 is 15.2 Å². The van der Waals surface area contributed by atoms with Crippen LogP contribution in [0.1, 0.15) is 43.9 Å². The molecule has 2 unspecified atom stereocenters. The molecule has 0 heterocycles. The fourth-order valence-corrected chi connectivity index (χ4v) is 2.01. The number of ether oxygens (including phenoxy) is 1. The quantitative estimate of drug-likeness (QED) is 0.841. The maximum Gasteiger partial charge on any atom is 0.260 e. The van der Waals surface area contributed by atoms with E-state index in [0.29, 0.717) is 5.75 Å². The lowest BCUT2D eigenvalue weighted by Crippen LogP contribution is -2.41. The monoisotopic (exact) mass is 279 g/mol. The topological polar surface area (TPSA) is 58.6 Å². The van der Waals surface area contributed by atoms with Crippen molar-refractivity contribution >= 4 is 5.91 Å². The largest absolute Gasteiger partial charge is 0.480 e. The Labute approximate surface area is 121 Å². The van der Waals surface area contributed by atoms with Gasteiger partial charge in [0.1, 0.15) is 5.75 Å². The molecule has 1 rings (SSSR count). The summed E-state index contributed by atoms with van der Waals surface area (Å²) in [4.78, 5) is 12.0. The molecule has 0 aromatic heterocycles. The Balaban J connectivity index is 2.80. The number of carbonyl (C=O) groups is 1. The van der Waals surface area contributed by atoms with E-state index < -0.39 is 6.10 Å². The number of carbonyl (C=O) groups excluding carboxylic acids is 1. The van der Waals surface area contributed by atoms with Gasteiger partial charge in [0.25, 0.3) is 5.91 Å². The highest BCUT2D eigenvalue weighted by atomic mass is 16.5. The SMILES string of the molecule is CCC(C)NC(=O)C(C)Oc1c(C)cc(CO)cc1C. The highest BCUT2D eigenvalue weighted by molar-refractivity contribution is 5.81. The lowest BCUT2D eigenvalue weighted by molar-refractivity contribution is -0.127. The Hall–Kier alpha value is -1.55. The molecule has 0 fully saturated rings. The Bertz CT molecular complexity index is 448. The summed E-state index contributed by atoms with van der Waals surface area (Å²) >= 11 is 0. The van der Waals surface area contributed by atoms with Gasteiger partial charge in [-0.2, -0.15) is 0 Å². The smallest absolute Gasteiger partial charge is 0.260 e. The number of aliphatic hydroxyl groups is 1. The van der Waals surface area contributed by atoms with Crippen LogP contribution in [-0.2, 0) is 11.4 Å². The van der Waals surface area contributed by atoms with Gasteiger partial charge in [-0.25, -0.2) is 0 Å². The van der Waals surface area contributed by atoms with E-state index in [2.05, 4.69) is 5.32 Å². The molecule has 0 aliphatic heterocycles. The van der Waals surface area contributed by atoms with Crippen LogP contribution in [0.3, 0.4) is 0 Å². The van der Waals surface area contributed by atoms with Gasteiger partial charge >= 0.3 is 0 Å². The predicted molar refractivity (Wildman–Crippen MR) is 79.8 cm³/mol. The summed E-state index contributed by atoms with van der Waals surface area (Å²) in [6.07, 6.45) is 0.350. The molecule has 2 atom stereocenters. The number of aryl methyl sites for hydroxylation is 2. The van der Waals surface area contributed by atoms with E-state index >= 15 is 0 Å². The van der Waals surface area contributed by atoms with E-state index in [9.17, 15) is 4.79 Å². The summed E-state index contributed by atoms with van der Waals surface area (Å²) in [5.41, 5.74) is 2.71. The number of benzene rings is 1. The third kappa shape index (κ3) is 4.23. The maximum atomic E-state index is 12.0. The van der Waals surface area contributed by atoms with Crippen LogP contribution in [-0.4, -0.2) is 23.2 Å². The van der Waals surface area contributed by atoms with Crippen LogP contribution in [0.2, 0.25) is 0 Å². The van der Waals surface area contributed by atoms with Crippen molar-refractivity contribution in [2.75, 3.05) is 0 Å². The zero-order valence-electron chi connectivity index (χ0n) is 13.0. The van der Waals surface area contributed by atoms with Gasteiger partial charge in [-0.05, 0) is 50.8 Å². The first-order valence-corrected chi connectivity index (χ1v) is 7.07. The van der Waals surface area contributed by atoms with Crippen molar-refractivity contribution in [1.82, 2.24) is 5.32 Å². The van der Waals surface area contributed by atoms with Gasteiger partial charge in [0.15, 0.2) is 6.10 Å². The van der Waals surface area contributed by atoms with Crippen LogP contribution < -0.4 is 10.1 Å². The van der Waals surface area contributed by atoms with Crippen LogP contribution in [0.4, 0.5) is 0 Å². The van der Waals surface area contributed by atoms with E-state index in [4.69, 9.17) is 9.84 Å². The second-order valence-corrected chi connectivity index (χ2v) is 5.29. The highest BCUT2D eigenvalue weighted by Gasteiger charge is 2.18. The van der Waals surface area contributed by atoms with Crippen LogP contribution in [0.15, 0.2) is 12.1 Å². The van der Waals surface area contributed by atoms with Gasteiger partial charge in [0, 0.05) is 6.04 Å². The molecule has 20 heavy (non-hydrogen) atoms. The predicted octanol–water partition coefficient (Wildman–Crippen LogP) is 2.48. The maximum absolute atomic E-state index is 12.0. The summed E-state index contributed by atoms with van der Waals surface area (Å²) in [5.74, 6) is 0.610. The molecule has 0 spiro atoms. The molecule has 1 aromatic carbocycles. The standard InChI is InChI=1S/C16H25NO3/c1-6-12(4)17-16(19)13(5)20-15-10(2)7-14(9-18)8-11(15)3/h7-8,12-13,18H,6,9H2,1-5H3,(H,17,19). The average molecular weight is 279 g/mol. The fourth-order valence-electron chi connectivity index (χ4n) is 2.01. The summed E-state index contributed by atoms with van der Waals surface area (Å²) < 4.78 is 5.79. The van der Waals surface area contributed by atoms with Crippen LogP contribution >= 0.6 is 0 Å². The molecule has 0 radical (unpaired) electrons. The first kappa shape index (κ1) is 16.5. The number of aliphatic hydroxyl groups excluding tert-OH is 1. The van der Waals surface area contributed by atoms with E-state index in [1.54, 1.807) is 6.92 Å². The molecule has 2 N–H and O–H groups in total. The Kier molecular flexibility index (Phi) is 6.02. The van der Waals surface area contributed by atoms with Gasteiger partial charge in [-0.15, -0.1) is 0 Å². The van der Waals surface area contributed by atoms with Gasteiger partial charge in [0.05, 0.1) is 6.61 Å². The van der Waals surface area contributed by atoms with E-state index in [1.807, 2.05) is 39.8 Å². The van der Waals surface area contributed by atoms with E-state index in [-0.39, 0.29) is 18.6 Å². The first-order chi connectivity index (χ1) is 9.38. The van der Waals surface area contributed by atoms with Gasteiger partial charge in [0.2, 0.25) is 0 Å². The lowest BCUT2D eigenvalue weighted by Gasteiger charge is -2.20. The van der Waals surface area contributed by atoms with Crippen molar-refractivity contribution in [2.45, 2.75) is 59.8 Å². The molecule has 0 saturated heterocycles. The Morgan fingerprint density at radius 2 is 1.85 bits per heavy atom. The van der Waals surface area contributed by atoms with Crippen LogP contribution in [0.25, 0.3) is 0 Å². The number of hydrogen-bond donors (Lipinski definition) is 2. The Morgan fingerprint density at radius 3 is 2.30 bits per heavy atom. The molecule has 112 valence electrons. The number of rotatable bonds is 6. The number of nitrogens with one attached hydrogen (secondary N) is 1. The molecule has 1 amide bonds. The normalized spacial score (nSPS) is 13.7. The second kappa shape index (κ2) is 7.29. The summed E-state index contributed by atoms with van der Waals surface area (Å²) in [6.45, 7) is 9.58. The summed E-state index contributed by atoms with van der Waals surface area (Å²) in [5, 5.41) is 12.1. The molecular weight excluding hydrogens is 254 g/mol. The number of amides is 1. The van der Waals surface area contributed by atoms with Crippen molar-refractivity contribution in [3.05, 3.63) is 28.8 Å². The van der Waals surface area contributed by atoms with Crippen molar-refractivity contribution in [2.24, 2.45) is 0 Å². The van der Waals surface area contributed by atoms with Crippen LogP contribution in [0.5, 0.6) is 5.75 Å². The van der Waals surface area contributed by atoms with Crippen molar-refractivity contribution in [1.29, 1.82) is 0 Å². The third-order valence-corrected chi connectivity index (χ3v) is 3.37. The van der Waals surface area contributed by atoms with Crippen molar-refractivity contribution in [3.63, 3.8) is 0 Å². The highest BCUT2D eigenvalue weighted by Crippen LogP contribution is 2.26. The summed E-state index contributed by atoms with van der Waals surface area (Å²) in [7, 11) is 0. The number of hydrogen-bond acceptors (Lipinski definition) is 3. The molecule has 4 nitrogen and oxygen atoms in total. The van der Waals surface area contributed by atoms with Gasteiger partial charge in [-0.1, -0.05) is 19.1 Å². The first-order valence-electron chi connectivity index (χ1n) is 7.07. The molecule has 0 saturated carbocycles. The Morgan fingerprint density at radius 1 is 1.30 bits per heavy atom. The zero-order valence-corrected chi connectivity index (χ0v) is 13.0. The van der Waals surface area contributed by atoms with Crippen LogP contribution in [0, 0.1) is 13.8 Å². The van der Waals surface area contributed by atoms with Crippen molar-refractivity contribution < 1.29 is 14.6 Å². The van der Waals surface area contributed by atoms with E-state index in [1.165, 1.54) is 0 Å². The molecule has 0 aliphatic rings. The second-order valence-electron chi connectivity index (χ2n) is 5.29. The lowest BCUT2D eigenvalue weighted by atomic mass is 10.1. The van der Waals surface area contributed by atoms with Crippen molar-refractivity contribution in [3.8, 4) is 5.75 Å². The zero-order chi connectivity index (χ0) is 15.3. The van der Waals surface area contributed by atoms with Gasteiger partial charge in [-0.3, -0.25) is 4.79 Å². The minimum atomic E-state index is -0.540. The fraction of sp³-hybridized carbons (Fsp3) is 0.562. The molecule has 1 aromatic rings. The molecular formula is C16H25NO3. The third-order valence-electron chi connectivity index (χ3n) is 3.37.